The number of halogens is 1. The van der Waals surface area contributed by atoms with E-state index in [1.54, 1.807) is 6.07 Å². The van der Waals surface area contributed by atoms with Crippen LogP contribution < -0.4 is 15.4 Å². The smallest absolute Gasteiger partial charge is 0.192 e. The van der Waals surface area contributed by atoms with Crippen LogP contribution >= 0.6 is 0 Å². The van der Waals surface area contributed by atoms with Crippen LogP contribution in [0.15, 0.2) is 33.8 Å². The monoisotopic (exact) mass is 362 g/mol. The molecule has 0 amide bonds. The Morgan fingerprint density at radius 1 is 1.31 bits per heavy atom. The summed E-state index contributed by atoms with van der Waals surface area (Å²) in [6, 6.07) is 6.70. The summed E-state index contributed by atoms with van der Waals surface area (Å²) in [5.74, 6) is 1.48. The summed E-state index contributed by atoms with van der Waals surface area (Å²) in [5, 5.41) is 10.5. The van der Waals surface area contributed by atoms with E-state index < -0.39 is 0 Å². The third-order valence-corrected chi connectivity index (χ3v) is 3.94. The molecule has 0 saturated heterocycles. The summed E-state index contributed by atoms with van der Waals surface area (Å²) < 4.78 is 24.2. The molecule has 0 radical (unpaired) electrons. The molecular formula is C19H27FN4O2. The van der Waals surface area contributed by atoms with Gasteiger partial charge in [0.15, 0.2) is 23.3 Å². The molecule has 7 heteroatoms. The minimum Gasteiger partial charge on any atom is -0.494 e. The molecule has 0 aliphatic heterocycles. The third-order valence-electron chi connectivity index (χ3n) is 3.94. The molecule has 1 aromatic carbocycles. The summed E-state index contributed by atoms with van der Waals surface area (Å²) in [5.41, 5.74) is 1.71. The highest BCUT2D eigenvalue weighted by Crippen LogP contribution is 2.21. The van der Waals surface area contributed by atoms with Crippen molar-refractivity contribution >= 4 is 5.96 Å². The first kappa shape index (κ1) is 19.8. The van der Waals surface area contributed by atoms with Gasteiger partial charge in [0.05, 0.1) is 18.8 Å². The number of aliphatic imine (C=N–C) groups is 1. The minimum absolute atomic E-state index is 0.130. The van der Waals surface area contributed by atoms with E-state index in [4.69, 9.17) is 9.26 Å². The van der Waals surface area contributed by atoms with Gasteiger partial charge in [-0.2, -0.15) is 0 Å². The molecule has 0 spiro atoms. The van der Waals surface area contributed by atoms with Crippen LogP contribution in [-0.2, 0) is 6.54 Å². The number of ether oxygens (including phenoxy) is 1. The van der Waals surface area contributed by atoms with E-state index in [2.05, 4.69) is 34.6 Å². The topological polar surface area (TPSA) is 71.7 Å². The predicted molar refractivity (Wildman–Crippen MR) is 99.9 cm³/mol. The molecule has 1 heterocycles. The minimum atomic E-state index is -0.386. The molecule has 0 aliphatic carbocycles. The summed E-state index contributed by atoms with van der Waals surface area (Å²) in [6.45, 7) is 9.14. The van der Waals surface area contributed by atoms with Crippen molar-refractivity contribution in [2.24, 2.45) is 4.99 Å². The lowest BCUT2D eigenvalue weighted by atomic mass is 10.1. The predicted octanol–water partition coefficient (Wildman–Crippen LogP) is 3.76. The zero-order chi connectivity index (χ0) is 19.1. The molecule has 0 fully saturated rings. The Morgan fingerprint density at radius 3 is 2.65 bits per heavy atom. The second-order valence-corrected chi connectivity index (χ2v) is 6.33. The fraction of sp³-hybridized carbons (Fsp3) is 0.474. The average Bonchev–Trinajstić information content (AvgIpc) is 3.09. The van der Waals surface area contributed by atoms with E-state index in [9.17, 15) is 4.39 Å². The zero-order valence-electron chi connectivity index (χ0n) is 16.0. The van der Waals surface area contributed by atoms with Gasteiger partial charge in [0.1, 0.15) is 6.54 Å². The number of methoxy groups -OCH3 is 1. The quantitative estimate of drug-likeness (QED) is 0.580. The van der Waals surface area contributed by atoms with Gasteiger partial charge < -0.3 is 19.9 Å². The van der Waals surface area contributed by atoms with Crippen LogP contribution in [0.2, 0.25) is 0 Å². The number of benzene rings is 1. The van der Waals surface area contributed by atoms with Crippen LogP contribution in [0.25, 0.3) is 0 Å². The lowest BCUT2D eigenvalue weighted by Gasteiger charge is -2.18. The standard InChI is InChI=1S/C19H27FN4O2/c1-6-21-19(22-11-15-10-17(12(2)3)24-26-15)23-13(4)14-7-8-18(25-5)16(20)9-14/h7-10,12-13H,6,11H2,1-5H3,(H2,21,22,23). The number of nitrogens with zero attached hydrogens (tertiary/aromatic N) is 2. The summed E-state index contributed by atoms with van der Waals surface area (Å²) >= 11 is 0. The molecule has 2 N–H and O–H groups in total. The fourth-order valence-electron chi connectivity index (χ4n) is 2.39. The van der Waals surface area contributed by atoms with Crippen LogP contribution in [0.3, 0.4) is 0 Å². The van der Waals surface area contributed by atoms with E-state index in [1.165, 1.54) is 13.2 Å². The van der Waals surface area contributed by atoms with Crippen molar-refractivity contribution in [3.8, 4) is 5.75 Å². The second-order valence-electron chi connectivity index (χ2n) is 6.33. The lowest BCUT2D eigenvalue weighted by molar-refractivity contribution is 0.376. The van der Waals surface area contributed by atoms with Crippen LogP contribution in [0.4, 0.5) is 4.39 Å². The van der Waals surface area contributed by atoms with E-state index in [0.717, 1.165) is 11.3 Å². The van der Waals surface area contributed by atoms with Gasteiger partial charge in [0.2, 0.25) is 0 Å². The van der Waals surface area contributed by atoms with Crippen molar-refractivity contribution in [2.75, 3.05) is 13.7 Å². The van der Waals surface area contributed by atoms with Gasteiger partial charge in [-0.1, -0.05) is 25.1 Å². The molecule has 1 aromatic heterocycles. The third kappa shape index (κ3) is 5.21. The number of nitrogens with one attached hydrogen (secondary N) is 2. The first-order valence-corrected chi connectivity index (χ1v) is 8.78. The van der Waals surface area contributed by atoms with Crippen LogP contribution in [0.1, 0.15) is 56.7 Å². The molecule has 0 bridgehead atoms. The van der Waals surface area contributed by atoms with E-state index in [1.807, 2.05) is 26.0 Å². The number of hydrogen-bond acceptors (Lipinski definition) is 4. The van der Waals surface area contributed by atoms with Crippen LogP contribution in [-0.4, -0.2) is 24.8 Å². The summed E-state index contributed by atoms with van der Waals surface area (Å²) in [7, 11) is 1.45. The van der Waals surface area contributed by atoms with Gasteiger partial charge in [-0.25, -0.2) is 9.38 Å². The second kappa shape index (κ2) is 9.22. The maximum atomic E-state index is 13.9. The average molecular weight is 362 g/mol. The zero-order valence-corrected chi connectivity index (χ0v) is 16.0. The van der Waals surface area contributed by atoms with Gasteiger partial charge in [-0.15, -0.1) is 0 Å². The Bertz CT molecular complexity index is 743. The maximum absolute atomic E-state index is 13.9. The Hall–Kier alpha value is -2.57. The van der Waals surface area contributed by atoms with E-state index >= 15 is 0 Å². The van der Waals surface area contributed by atoms with Gasteiger partial charge >= 0.3 is 0 Å². The largest absolute Gasteiger partial charge is 0.494 e. The molecule has 1 atom stereocenters. The van der Waals surface area contributed by atoms with E-state index in [-0.39, 0.29) is 17.6 Å². The molecule has 26 heavy (non-hydrogen) atoms. The highest BCUT2D eigenvalue weighted by Gasteiger charge is 2.12. The number of aromatic nitrogens is 1. The fourth-order valence-corrected chi connectivity index (χ4v) is 2.39. The Balaban J connectivity index is 2.07. The summed E-state index contributed by atoms with van der Waals surface area (Å²) in [6.07, 6.45) is 0. The van der Waals surface area contributed by atoms with Crippen molar-refractivity contribution < 1.29 is 13.7 Å². The van der Waals surface area contributed by atoms with E-state index in [0.29, 0.717) is 30.7 Å². The molecular weight excluding hydrogens is 335 g/mol. The van der Waals surface area contributed by atoms with Gasteiger partial charge in [-0.3, -0.25) is 0 Å². The highest BCUT2D eigenvalue weighted by atomic mass is 19.1. The van der Waals surface area contributed by atoms with Crippen molar-refractivity contribution in [3.05, 3.63) is 47.1 Å². The SMILES string of the molecule is CCNC(=NCc1cc(C(C)C)no1)NC(C)c1ccc(OC)c(F)c1. The molecule has 0 saturated carbocycles. The molecule has 142 valence electrons. The molecule has 1 unspecified atom stereocenters. The highest BCUT2D eigenvalue weighted by molar-refractivity contribution is 5.80. The Labute approximate surface area is 153 Å². The normalized spacial score (nSPS) is 13.0. The van der Waals surface area contributed by atoms with Crippen molar-refractivity contribution in [2.45, 2.75) is 46.2 Å². The number of hydrogen-bond donors (Lipinski definition) is 2. The van der Waals surface area contributed by atoms with Gasteiger partial charge in [0, 0.05) is 12.6 Å². The van der Waals surface area contributed by atoms with Crippen molar-refractivity contribution in [3.63, 3.8) is 0 Å². The van der Waals surface area contributed by atoms with Crippen LogP contribution in [0, 0.1) is 5.82 Å². The Kier molecular flexibility index (Phi) is 7.00. The van der Waals surface area contributed by atoms with Gasteiger partial charge in [-0.05, 0) is 37.5 Å². The van der Waals surface area contributed by atoms with Crippen LogP contribution in [0.5, 0.6) is 5.75 Å². The number of rotatable bonds is 7. The molecule has 2 rings (SSSR count). The molecule has 2 aromatic rings. The van der Waals surface area contributed by atoms with Gasteiger partial charge in [0.25, 0.3) is 0 Å². The van der Waals surface area contributed by atoms with Crippen molar-refractivity contribution in [1.29, 1.82) is 0 Å². The number of guanidine groups is 1. The molecule has 6 nitrogen and oxygen atoms in total. The Morgan fingerprint density at radius 2 is 2.08 bits per heavy atom. The maximum Gasteiger partial charge on any atom is 0.192 e. The van der Waals surface area contributed by atoms with Crippen molar-refractivity contribution in [1.82, 2.24) is 15.8 Å². The molecule has 0 aliphatic rings. The lowest BCUT2D eigenvalue weighted by Crippen LogP contribution is -2.38. The summed E-state index contributed by atoms with van der Waals surface area (Å²) in [4.78, 5) is 4.52. The first-order valence-electron chi connectivity index (χ1n) is 8.78. The first-order chi connectivity index (χ1) is 12.4.